The number of aryl methyl sites for hydroxylation is 1. The molecule has 0 atom stereocenters. The minimum Gasteiger partial charge on any atom is -0.457 e. The zero-order chi connectivity index (χ0) is 14.5. The topological polar surface area (TPSA) is 21.3 Å². The smallest absolute Gasteiger partial charge is 0.133 e. The van der Waals surface area contributed by atoms with Crippen LogP contribution in [0.25, 0.3) is 0 Å². The lowest BCUT2D eigenvalue weighted by Crippen LogP contribution is -2.12. The number of benzene rings is 2. The third kappa shape index (κ3) is 3.98. The Labute approximate surface area is 133 Å². The Morgan fingerprint density at radius 1 is 1.15 bits per heavy atom. The van der Waals surface area contributed by atoms with E-state index in [2.05, 4.69) is 34.2 Å². The van der Waals surface area contributed by atoms with Gasteiger partial charge in [0, 0.05) is 21.6 Å². The molecular weight excluding hydrogens is 338 g/mol. The van der Waals surface area contributed by atoms with Gasteiger partial charge in [-0.05, 0) is 49.4 Å². The summed E-state index contributed by atoms with van der Waals surface area (Å²) in [4.78, 5) is 0. The predicted molar refractivity (Wildman–Crippen MR) is 87.8 cm³/mol. The van der Waals surface area contributed by atoms with Crippen LogP contribution in [-0.2, 0) is 6.54 Å². The number of rotatable bonds is 5. The molecule has 2 aromatic rings. The molecule has 20 heavy (non-hydrogen) atoms. The maximum atomic E-state index is 6.04. The number of halogens is 2. The van der Waals surface area contributed by atoms with E-state index in [0.717, 1.165) is 45.2 Å². The molecule has 0 aliphatic rings. The molecule has 2 aromatic carbocycles. The second-order valence-electron chi connectivity index (χ2n) is 4.54. The highest BCUT2D eigenvalue weighted by Crippen LogP contribution is 2.31. The summed E-state index contributed by atoms with van der Waals surface area (Å²) < 4.78 is 7.04. The SMILES string of the molecule is CCNCc1ccc(Br)cc1Oc1ccc(Cl)cc1C. The van der Waals surface area contributed by atoms with Gasteiger partial charge in [-0.3, -0.25) is 0 Å². The maximum Gasteiger partial charge on any atom is 0.133 e. The van der Waals surface area contributed by atoms with Crippen LogP contribution >= 0.6 is 27.5 Å². The largest absolute Gasteiger partial charge is 0.457 e. The second-order valence-corrected chi connectivity index (χ2v) is 5.90. The molecule has 0 aliphatic carbocycles. The van der Waals surface area contributed by atoms with Crippen molar-refractivity contribution in [3.05, 3.63) is 57.0 Å². The van der Waals surface area contributed by atoms with E-state index in [1.807, 2.05) is 37.3 Å². The summed E-state index contributed by atoms with van der Waals surface area (Å²) in [6.45, 7) is 5.78. The number of hydrogen-bond acceptors (Lipinski definition) is 2. The van der Waals surface area contributed by atoms with E-state index in [4.69, 9.17) is 16.3 Å². The monoisotopic (exact) mass is 353 g/mol. The summed E-state index contributed by atoms with van der Waals surface area (Å²) in [6.07, 6.45) is 0. The standard InChI is InChI=1S/C16H17BrClNO/c1-3-19-10-12-4-5-13(17)9-16(12)20-15-7-6-14(18)8-11(15)2/h4-9,19H,3,10H2,1-2H3. The van der Waals surface area contributed by atoms with Crippen molar-refractivity contribution in [2.45, 2.75) is 20.4 Å². The van der Waals surface area contributed by atoms with Crippen molar-refractivity contribution in [3.8, 4) is 11.5 Å². The van der Waals surface area contributed by atoms with Crippen LogP contribution in [0.15, 0.2) is 40.9 Å². The quantitative estimate of drug-likeness (QED) is 0.785. The Morgan fingerprint density at radius 3 is 2.65 bits per heavy atom. The highest BCUT2D eigenvalue weighted by molar-refractivity contribution is 9.10. The predicted octanol–water partition coefficient (Wildman–Crippen LogP) is 5.31. The molecule has 0 saturated carbocycles. The third-order valence-corrected chi connectivity index (χ3v) is 3.68. The van der Waals surface area contributed by atoms with E-state index >= 15 is 0 Å². The fraction of sp³-hybridized carbons (Fsp3) is 0.250. The van der Waals surface area contributed by atoms with Gasteiger partial charge in [0.1, 0.15) is 11.5 Å². The lowest BCUT2D eigenvalue weighted by Gasteiger charge is -2.14. The number of hydrogen-bond donors (Lipinski definition) is 1. The van der Waals surface area contributed by atoms with Crippen LogP contribution in [0.4, 0.5) is 0 Å². The van der Waals surface area contributed by atoms with Crippen molar-refractivity contribution in [1.29, 1.82) is 0 Å². The first-order chi connectivity index (χ1) is 9.60. The maximum absolute atomic E-state index is 6.04. The van der Waals surface area contributed by atoms with Crippen molar-refractivity contribution in [2.24, 2.45) is 0 Å². The van der Waals surface area contributed by atoms with Crippen LogP contribution in [0.5, 0.6) is 11.5 Å². The zero-order valence-corrected chi connectivity index (χ0v) is 13.9. The average Bonchev–Trinajstić information content (AvgIpc) is 2.41. The van der Waals surface area contributed by atoms with E-state index in [0.29, 0.717) is 0 Å². The minimum atomic E-state index is 0.719. The molecule has 4 heteroatoms. The Morgan fingerprint density at radius 2 is 1.95 bits per heavy atom. The van der Waals surface area contributed by atoms with Gasteiger partial charge in [0.05, 0.1) is 0 Å². The Hall–Kier alpha value is -1.03. The van der Waals surface area contributed by atoms with Crippen molar-refractivity contribution >= 4 is 27.5 Å². The van der Waals surface area contributed by atoms with Crippen LogP contribution in [0, 0.1) is 6.92 Å². The molecule has 0 fully saturated rings. The zero-order valence-electron chi connectivity index (χ0n) is 11.5. The molecule has 0 radical (unpaired) electrons. The van der Waals surface area contributed by atoms with Gasteiger partial charge >= 0.3 is 0 Å². The Balaban J connectivity index is 2.29. The highest BCUT2D eigenvalue weighted by Gasteiger charge is 2.08. The molecule has 106 valence electrons. The van der Waals surface area contributed by atoms with Crippen LogP contribution < -0.4 is 10.1 Å². The average molecular weight is 355 g/mol. The molecule has 0 heterocycles. The van der Waals surface area contributed by atoms with Gasteiger partial charge in [-0.2, -0.15) is 0 Å². The fourth-order valence-electron chi connectivity index (χ4n) is 1.87. The molecule has 1 N–H and O–H groups in total. The van der Waals surface area contributed by atoms with Crippen molar-refractivity contribution in [1.82, 2.24) is 5.32 Å². The lowest BCUT2D eigenvalue weighted by atomic mass is 10.2. The van der Waals surface area contributed by atoms with Gasteiger partial charge in [0.25, 0.3) is 0 Å². The van der Waals surface area contributed by atoms with Crippen LogP contribution in [0.3, 0.4) is 0 Å². The first kappa shape index (κ1) is 15.4. The molecule has 2 rings (SSSR count). The molecule has 0 unspecified atom stereocenters. The molecule has 0 amide bonds. The van der Waals surface area contributed by atoms with Crippen molar-refractivity contribution in [3.63, 3.8) is 0 Å². The van der Waals surface area contributed by atoms with Crippen LogP contribution in [0.2, 0.25) is 5.02 Å². The second kappa shape index (κ2) is 7.11. The minimum absolute atomic E-state index is 0.719. The van der Waals surface area contributed by atoms with Gasteiger partial charge in [-0.25, -0.2) is 0 Å². The summed E-state index contributed by atoms with van der Waals surface area (Å²) in [7, 11) is 0. The van der Waals surface area contributed by atoms with Gasteiger partial charge < -0.3 is 10.1 Å². The first-order valence-electron chi connectivity index (χ1n) is 6.53. The summed E-state index contributed by atoms with van der Waals surface area (Å²) in [5, 5.41) is 4.04. The number of nitrogens with one attached hydrogen (secondary N) is 1. The molecule has 0 aliphatic heterocycles. The molecule has 0 aromatic heterocycles. The molecule has 2 nitrogen and oxygen atoms in total. The van der Waals surface area contributed by atoms with Gasteiger partial charge in [0.2, 0.25) is 0 Å². The first-order valence-corrected chi connectivity index (χ1v) is 7.70. The lowest BCUT2D eigenvalue weighted by molar-refractivity contribution is 0.469. The highest BCUT2D eigenvalue weighted by atomic mass is 79.9. The Bertz CT molecular complexity index is 601. The van der Waals surface area contributed by atoms with E-state index in [-0.39, 0.29) is 0 Å². The summed E-state index contributed by atoms with van der Waals surface area (Å²) in [5.41, 5.74) is 2.15. The van der Waals surface area contributed by atoms with E-state index in [1.165, 1.54) is 0 Å². The van der Waals surface area contributed by atoms with Crippen molar-refractivity contribution < 1.29 is 4.74 Å². The van der Waals surface area contributed by atoms with Crippen molar-refractivity contribution in [2.75, 3.05) is 6.54 Å². The molecule has 0 bridgehead atoms. The number of ether oxygens (including phenoxy) is 1. The fourth-order valence-corrected chi connectivity index (χ4v) is 2.44. The molecule has 0 saturated heterocycles. The van der Waals surface area contributed by atoms with E-state index in [1.54, 1.807) is 0 Å². The van der Waals surface area contributed by atoms with Gasteiger partial charge in [-0.15, -0.1) is 0 Å². The molecular formula is C16H17BrClNO. The third-order valence-electron chi connectivity index (χ3n) is 2.95. The van der Waals surface area contributed by atoms with Gasteiger partial charge in [0.15, 0.2) is 0 Å². The van der Waals surface area contributed by atoms with Gasteiger partial charge in [-0.1, -0.05) is 40.5 Å². The van der Waals surface area contributed by atoms with E-state index < -0.39 is 0 Å². The summed E-state index contributed by atoms with van der Waals surface area (Å²) in [6, 6.07) is 11.7. The molecule has 0 spiro atoms. The Kier molecular flexibility index (Phi) is 5.46. The van der Waals surface area contributed by atoms with Crippen LogP contribution in [-0.4, -0.2) is 6.54 Å². The normalized spacial score (nSPS) is 10.6. The summed E-state index contributed by atoms with van der Waals surface area (Å²) >= 11 is 9.46. The van der Waals surface area contributed by atoms with E-state index in [9.17, 15) is 0 Å². The summed E-state index contributed by atoms with van der Waals surface area (Å²) in [5.74, 6) is 1.68. The van der Waals surface area contributed by atoms with Crippen LogP contribution in [0.1, 0.15) is 18.1 Å².